The lowest BCUT2D eigenvalue weighted by atomic mass is 9.92. The van der Waals surface area contributed by atoms with Crippen LogP contribution >= 0.6 is 0 Å². The van der Waals surface area contributed by atoms with Crippen molar-refractivity contribution in [2.75, 3.05) is 6.54 Å². The number of piperidine rings is 1. The van der Waals surface area contributed by atoms with Gasteiger partial charge in [-0.3, -0.25) is 4.79 Å². The van der Waals surface area contributed by atoms with Crippen LogP contribution in [0.5, 0.6) is 0 Å². The molecule has 0 bridgehead atoms. The van der Waals surface area contributed by atoms with E-state index in [9.17, 15) is 14.7 Å². The fraction of sp³-hybridized carbons (Fsp3) is 0.450. The van der Waals surface area contributed by atoms with Crippen LogP contribution in [0.1, 0.15) is 47.9 Å². The zero-order valence-corrected chi connectivity index (χ0v) is 14.9. The molecule has 1 aliphatic heterocycles. The molecule has 1 saturated heterocycles. The molecule has 26 heavy (non-hydrogen) atoms. The molecule has 0 saturated carbocycles. The molecule has 0 radical (unpaired) electrons. The van der Waals surface area contributed by atoms with Gasteiger partial charge in [0.25, 0.3) is 5.91 Å². The number of para-hydroxylation sites is 1. The van der Waals surface area contributed by atoms with E-state index in [1.54, 1.807) is 0 Å². The third kappa shape index (κ3) is 2.79. The molecule has 1 amide bonds. The second-order valence-electron chi connectivity index (χ2n) is 7.36. The zero-order chi connectivity index (χ0) is 18.3. The average molecular weight is 353 g/mol. The minimum absolute atomic E-state index is 0.239. The molecule has 6 heteroatoms. The summed E-state index contributed by atoms with van der Waals surface area (Å²) in [7, 11) is 0. The Balaban J connectivity index is 1.72. The van der Waals surface area contributed by atoms with Crippen molar-refractivity contribution in [2.24, 2.45) is 5.92 Å². The molecule has 2 atom stereocenters. The molecular weight excluding hydrogens is 330 g/mol. The molecule has 2 unspecified atom stereocenters. The first-order chi connectivity index (χ1) is 12.6. The van der Waals surface area contributed by atoms with Crippen LogP contribution in [-0.4, -0.2) is 44.3 Å². The molecule has 6 nitrogen and oxygen atoms in total. The number of likely N-dealkylation sites (tertiary alicyclic amines) is 1. The third-order valence-electron chi connectivity index (χ3n) is 5.54. The minimum atomic E-state index is -0.927. The number of fused-ring (bicyclic) bond motifs is 1. The lowest BCUT2D eigenvalue weighted by Crippen LogP contribution is -2.50. The molecule has 1 aromatic carbocycles. The second kappa shape index (κ2) is 6.59. The number of amides is 1. The molecule has 4 rings (SSSR count). The van der Waals surface area contributed by atoms with Gasteiger partial charge < -0.3 is 10.0 Å². The van der Waals surface area contributed by atoms with Crippen LogP contribution in [0, 0.1) is 5.92 Å². The predicted molar refractivity (Wildman–Crippen MR) is 96.4 cm³/mol. The van der Waals surface area contributed by atoms with Crippen molar-refractivity contribution >= 4 is 11.9 Å². The molecule has 1 aromatic heterocycles. The first-order valence-corrected chi connectivity index (χ1v) is 9.26. The van der Waals surface area contributed by atoms with E-state index in [1.807, 2.05) is 41.9 Å². The number of aromatic nitrogens is 2. The van der Waals surface area contributed by atoms with E-state index in [2.05, 4.69) is 5.10 Å². The van der Waals surface area contributed by atoms with E-state index in [-0.39, 0.29) is 5.91 Å². The molecule has 1 N–H and O–H groups in total. The van der Waals surface area contributed by atoms with Crippen LogP contribution in [0.25, 0.3) is 5.69 Å². The molecule has 136 valence electrons. The van der Waals surface area contributed by atoms with E-state index in [4.69, 9.17) is 0 Å². The average Bonchev–Trinajstić information content (AvgIpc) is 3.24. The lowest BCUT2D eigenvalue weighted by Gasteiger charge is -2.35. The second-order valence-corrected chi connectivity index (χ2v) is 7.36. The van der Waals surface area contributed by atoms with Gasteiger partial charge in [0.2, 0.25) is 0 Å². The van der Waals surface area contributed by atoms with Gasteiger partial charge in [0.05, 0.1) is 5.69 Å². The molecular formula is C20H23N3O3. The van der Waals surface area contributed by atoms with E-state index in [0.29, 0.717) is 24.6 Å². The molecule has 2 aliphatic rings. The van der Waals surface area contributed by atoms with Crippen molar-refractivity contribution in [3.8, 4) is 5.69 Å². The summed E-state index contributed by atoms with van der Waals surface area (Å²) in [6, 6.07) is 9.04. The van der Waals surface area contributed by atoms with Gasteiger partial charge in [-0.25, -0.2) is 9.48 Å². The van der Waals surface area contributed by atoms with E-state index >= 15 is 0 Å². The summed E-state index contributed by atoms with van der Waals surface area (Å²) in [5.41, 5.74) is 3.44. The van der Waals surface area contributed by atoms with E-state index in [0.717, 1.165) is 42.6 Å². The molecule has 0 spiro atoms. The number of nitrogens with zero attached hydrogens (tertiary/aromatic N) is 3. The number of rotatable bonds is 3. The highest BCUT2D eigenvalue weighted by Crippen LogP contribution is 2.31. The highest BCUT2D eigenvalue weighted by molar-refractivity contribution is 5.96. The van der Waals surface area contributed by atoms with Gasteiger partial charge in [0, 0.05) is 17.8 Å². The maximum Gasteiger partial charge on any atom is 0.326 e. The summed E-state index contributed by atoms with van der Waals surface area (Å²) in [6.45, 7) is 2.52. The van der Waals surface area contributed by atoms with Crippen LogP contribution in [-0.2, 0) is 17.6 Å². The van der Waals surface area contributed by atoms with Gasteiger partial charge in [0.1, 0.15) is 6.04 Å². The van der Waals surface area contributed by atoms with Crippen LogP contribution in [0.3, 0.4) is 0 Å². The highest BCUT2D eigenvalue weighted by Gasteiger charge is 2.38. The van der Waals surface area contributed by atoms with Gasteiger partial charge >= 0.3 is 5.97 Å². The number of hydrogen-bond donors (Lipinski definition) is 1. The first kappa shape index (κ1) is 16.8. The van der Waals surface area contributed by atoms with E-state index in [1.165, 1.54) is 4.90 Å². The Bertz CT molecular complexity index is 843. The Labute approximate surface area is 152 Å². The Hall–Kier alpha value is -2.63. The van der Waals surface area contributed by atoms with Crippen molar-refractivity contribution in [3.05, 3.63) is 47.3 Å². The number of carbonyl (C=O) groups is 2. The third-order valence-corrected chi connectivity index (χ3v) is 5.54. The number of benzene rings is 1. The van der Waals surface area contributed by atoms with Crippen LogP contribution in [0.4, 0.5) is 0 Å². The smallest absolute Gasteiger partial charge is 0.326 e. The van der Waals surface area contributed by atoms with Crippen molar-refractivity contribution in [2.45, 2.75) is 45.1 Å². The largest absolute Gasteiger partial charge is 0.480 e. The summed E-state index contributed by atoms with van der Waals surface area (Å²) >= 11 is 0. The SMILES string of the molecule is CC1CCN(C(=O)c2nn(-c3ccccc3)c3c2CCC3)C(C(=O)O)C1. The van der Waals surface area contributed by atoms with Gasteiger partial charge in [-0.05, 0) is 50.2 Å². The number of hydrogen-bond acceptors (Lipinski definition) is 3. The highest BCUT2D eigenvalue weighted by atomic mass is 16.4. The zero-order valence-electron chi connectivity index (χ0n) is 14.9. The summed E-state index contributed by atoms with van der Waals surface area (Å²) in [5.74, 6) is -0.853. The predicted octanol–water partition coefficient (Wildman–Crippen LogP) is 2.69. The fourth-order valence-corrected chi connectivity index (χ4v) is 4.15. The van der Waals surface area contributed by atoms with E-state index < -0.39 is 12.0 Å². The van der Waals surface area contributed by atoms with Gasteiger partial charge in [-0.2, -0.15) is 5.10 Å². The summed E-state index contributed by atoms with van der Waals surface area (Å²) in [5, 5.41) is 14.2. The minimum Gasteiger partial charge on any atom is -0.480 e. The number of carboxylic acid groups (broad SMARTS) is 1. The first-order valence-electron chi connectivity index (χ1n) is 9.26. The molecule has 2 heterocycles. The van der Waals surface area contributed by atoms with Gasteiger partial charge in [-0.15, -0.1) is 0 Å². The maximum absolute atomic E-state index is 13.2. The Morgan fingerprint density at radius 2 is 1.96 bits per heavy atom. The van der Waals surface area contributed by atoms with Gasteiger partial charge in [-0.1, -0.05) is 25.1 Å². The summed E-state index contributed by atoms with van der Waals surface area (Å²) in [6.07, 6.45) is 4.05. The summed E-state index contributed by atoms with van der Waals surface area (Å²) < 4.78 is 1.86. The van der Waals surface area contributed by atoms with Crippen LogP contribution in [0.2, 0.25) is 0 Å². The van der Waals surface area contributed by atoms with Crippen LogP contribution in [0.15, 0.2) is 30.3 Å². The van der Waals surface area contributed by atoms with Crippen molar-refractivity contribution < 1.29 is 14.7 Å². The monoisotopic (exact) mass is 353 g/mol. The molecule has 2 aromatic rings. The summed E-state index contributed by atoms with van der Waals surface area (Å²) in [4.78, 5) is 26.4. The lowest BCUT2D eigenvalue weighted by molar-refractivity contribution is -0.144. The Morgan fingerprint density at radius 3 is 2.69 bits per heavy atom. The van der Waals surface area contributed by atoms with Crippen molar-refractivity contribution in [3.63, 3.8) is 0 Å². The van der Waals surface area contributed by atoms with Crippen molar-refractivity contribution in [1.82, 2.24) is 14.7 Å². The Morgan fingerprint density at radius 1 is 1.19 bits per heavy atom. The number of carboxylic acids is 1. The topological polar surface area (TPSA) is 75.4 Å². The normalized spacial score (nSPS) is 22.3. The molecule has 1 aliphatic carbocycles. The molecule has 1 fully saturated rings. The van der Waals surface area contributed by atoms with Crippen LogP contribution < -0.4 is 0 Å². The maximum atomic E-state index is 13.2. The standard InChI is InChI=1S/C20H23N3O3/c1-13-10-11-22(17(12-13)20(25)26)19(24)18-15-8-5-9-16(15)23(21-18)14-6-3-2-4-7-14/h2-4,6-7,13,17H,5,8-12H2,1H3,(H,25,26). The number of carbonyl (C=O) groups excluding carboxylic acids is 1. The number of aliphatic carboxylic acids is 1. The van der Waals surface area contributed by atoms with Crippen molar-refractivity contribution in [1.29, 1.82) is 0 Å². The van der Waals surface area contributed by atoms with Gasteiger partial charge in [0.15, 0.2) is 5.69 Å². The quantitative estimate of drug-likeness (QED) is 0.920. The Kier molecular flexibility index (Phi) is 4.26. The fourth-order valence-electron chi connectivity index (χ4n) is 4.15.